The van der Waals surface area contributed by atoms with Crippen LogP contribution >= 0.6 is 23.0 Å². The Balaban J connectivity index is 3.14. The van der Waals surface area contributed by atoms with Crippen molar-refractivity contribution in [2.24, 2.45) is 16.5 Å². The number of hydrogen-bond donors (Lipinski definition) is 3. The van der Waals surface area contributed by atoms with E-state index < -0.39 is 0 Å². The molecule has 82 valence electrons. The van der Waals surface area contributed by atoms with Gasteiger partial charge in [-0.3, -0.25) is 9.79 Å². The van der Waals surface area contributed by atoms with Crippen molar-refractivity contribution in [3.05, 3.63) is 0 Å². The van der Waals surface area contributed by atoms with Crippen LogP contribution in [0.3, 0.4) is 0 Å². The highest BCUT2D eigenvalue weighted by molar-refractivity contribution is 14.1. The van der Waals surface area contributed by atoms with E-state index in [-0.39, 0.29) is 11.9 Å². The number of nitrogens with one attached hydrogen (secondary N) is 1. The Morgan fingerprint density at radius 2 is 2.14 bits per heavy atom. The third-order valence-corrected chi connectivity index (χ3v) is 1.89. The minimum absolute atomic E-state index is 0.110. The standard InChI is InChI=1S/C7H15IN4O2/c8-14-6(13)2-5-11-3-1-4-12-7(9)10/h11H,1-5H2,(H4,9,10,12). The van der Waals surface area contributed by atoms with Gasteiger partial charge in [-0.15, -0.1) is 0 Å². The van der Waals surface area contributed by atoms with E-state index in [1.165, 1.54) is 0 Å². The molecule has 0 amide bonds. The van der Waals surface area contributed by atoms with Gasteiger partial charge in [0.25, 0.3) is 0 Å². The zero-order valence-electron chi connectivity index (χ0n) is 7.83. The molecule has 0 fully saturated rings. The third kappa shape index (κ3) is 9.52. The number of carbonyl (C=O) groups excluding carboxylic acids is 1. The summed E-state index contributed by atoms with van der Waals surface area (Å²) < 4.78 is 4.45. The molecule has 0 spiro atoms. The fraction of sp³-hybridized carbons (Fsp3) is 0.714. The van der Waals surface area contributed by atoms with Gasteiger partial charge in [-0.1, -0.05) is 0 Å². The number of guanidine groups is 1. The smallest absolute Gasteiger partial charge is 0.316 e. The van der Waals surface area contributed by atoms with Gasteiger partial charge in [-0.25, -0.2) is 0 Å². The lowest BCUT2D eigenvalue weighted by Gasteiger charge is -2.01. The maximum Gasteiger partial charge on any atom is 0.316 e. The highest BCUT2D eigenvalue weighted by Crippen LogP contribution is 1.90. The largest absolute Gasteiger partial charge is 0.394 e. The molecular weight excluding hydrogens is 299 g/mol. The third-order valence-electron chi connectivity index (χ3n) is 1.40. The molecule has 0 rings (SSSR count). The van der Waals surface area contributed by atoms with E-state index >= 15 is 0 Å². The highest BCUT2D eigenvalue weighted by atomic mass is 127. The van der Waals surface area contributed by atoms with Crippen LogP contribution in [0.25, 0.3) is 0 Å². The molecule has 0 bridgehead atoms. The summed E-state index contributed by atoms with van der Waals surface area (Å²) in [7, 11) is 0. The maximum absolute atomic E-state index is 10.7. The van der Waals surface area contributed by atoms with Gasteiger partial charge in [0.1, 0.15) is 0 Å². The van der Waals surface area contributed by atoms with E-state index in [4.69, 9.17) is 11.5 Å². The topological polar surface area (TPSA) is 103 Å². The van der Waals surface area contributed by atoms with Crippen molar-refractivity contribution in [2.75, 3.05) is 19.6 Å². The van der Waals surface area contributed by atoms with E-state index in [0.29, 0.717) is 19.5 Å². The van der Waals surface area contributed by atoms with Crippen LogP contribution in [-0.2, 0) is 7.86 Å². The molecule has 0 aromatic carbocycles. The fourth-order valence-corrected chi connectivity index (χ4v) is 0.986. The zero-order chi connectivity index (χ0) is 10.8. The second-order valence-corrected chi connectivity index (χ2v) is 3.05. The lowest BCUT2D eigenvalue weighted by Crippen LogP contribution is -2.24. The van der Waals surface area contributed by atoms with Crippen molar-refractivity contribution in [1.29, 1.82) is 0 Å². The number of nitrogens with zero attached hydrogens (tertiary/aromatic N) is 1. The van der Waals surface area contributed by atoms with Crippen molar-refractivity contribution >= 4 is 34.9 Å². The number of halogens is 1. The molecule has 0 aliphatic rings. The number of carbonyl (C=O) groups is 1. The molecule has 0 aliphatic carbocycles. The van der Waals surface area contributed by atoms with E-state index in [9.17, 15) is 4.79 Å². The van der Waals surface area contributed by atoms with Gasteiger partial charge in [0.15, 0.2) is 29.0 Å². The highest BCUT2D eigenvalue weighted by Gasteiger charge is 1.98. The van der Waals surface area contributed by atoms with E-state index in [0.717, 1.165) is 13.0 Å². The Kier molecular flexibility index (Phi) is 8.64. The maximum atomic E-state index is 10.7. The molecular formula is C7H15IN4O2. The van der Waals surface area contributed by atoms with Gasteiger partial charge < -0.3 is 19.9 Å². The molecule has 5 N–H and O–H groups in total. The molecule has 0 heterocycles. The summed E-state index contributed by atoms with van der Waals surface area (Å²) in [5.41, 5.74) is 10.3. The molecule has 6 nitrogen and oxygen atoms in total. The zero-order valence-corrected chi connectivity index (χ0v) is 9.99. The average molecular weight is 314 g/mol. The van der Waals surface area contributed by atoms with Crippen LogP contribution in [0.1, 0.15) is 12.8 Å². The molecule has 14 heavy (non-hydrogen) atoms. The Bertz CT molecular complexity index is 194. The van der Waals surface area contributed by atoms with Gasteiger partial charge in [-0.05, 0) is 13.0 Å². The minimum Gasteiger partial charge on any atom is -0.394 e. The van der Waals surface area contributed by atoms with Crippen LogP contribution < -0.4 is 16.8 Å². The summed E-state index contributed by atoms with van der Waals surface area (Å²) in [4.78, 5) is 14.5. The van der Waals surface area contributed by atoms with Crippen LogP contribution in [0.2, 0.25) is 0 Å². The molecule has 0 saturated heterocycles. The Morgan fingerprint density at radius 1 is 1.43 bits per heavy atom. The van der Waals surface area contributed by atoms with E-state index in [1.54, 1.807) is 23.0 Å². The summed E-state index contributed by atoms with van der Waals surface area (Å²) in [5.74, 6) is -0.110. The summed E-state index contributed by atoms with van der Waals surface area (Å²) in [5, 5.41) is 3.07. The first-order valence-corrected chi connectivity index (χ1v) is 5.12. The number of rotatable bonds is 7. The molecule has 0 aromatic heterocycles. The van der Waals surface area contributed by atoms with Gasteiger partial charge in [-0.2, -0.15) is 0 Å². The molecule has 0 aromatic rings. The van der Waals surface area contributed by atoms with Crippen molar-refractivity contribution < 1.29 is 7.86 Å². The first-order valence-electron chi connectivity index (χ1n) is 4.24. The van der Waals surface area contributed by atoms with Gasteiger partial charge in [0, 0.05) is 13.1 Å². The Hall–Kier alpha value is -0.570. The van der Waals surface area contributed by atoms with Gasteiger partial charge in [0.05, 0.1) is 6.42 Å². The van der Waals surface area contributed by atoms with Crippen LogP contribution in [0, 0.1) is 0 Å². The average Bonchev–Trinajstić information content (AvgIpc) is 2.15. The first-order chi connectivity index (χ1) is 6.66. The quantitative estimate of drug-likeness (QED) is 0.255. The van der Waals surface area contributed by atoms with Gasteiger partial charge >= 0.3 is 5.97 Å². The predicted octanol–water partition coefficient (Wildman–Crippen LogP) is -0.477. The Labute approximate surface area is 97.1 Å². The SMILES string of the molecule is NC(N)=NCCCNCCC(=O)OI. The molecule has 0 aliphatic heterocycles. The normalized spacial score (nSPS) is 9.50. The lowest BCUT2D eigenvalue weighted by atomic mass is 10.4. The van der Waals surface area contributed by atoms with Crippen LogP contribution in [0.5, 0.6) is 0 Å². The second-order valence-electron chi connectivity index (χ2n) is 2.61. The molecule has 0 radical (unpaired) electrons. The summed E-state index contributed by atoms with van der Waals surface area (Å²) in [6, 6.07) is 0. The van der Waals surface area contributed by atoms with Gasteiger partial charge in [0.2, 0.25) is 0 Å². The van der Waals surface area contributed by atoms with Crippen LogP contribution in [0.4, 0.5) is 0 Å². The predicted molar refractivity (Wildman–Crippen MR) is 62.9 cm³/mol. The molecule has 7 heteroatoms. The monoisotopic (exact) mass is 314 g/mol. The molecule has 0 atom stereocenters. The van der Waals surface area contributed by atoms with E-state index in [1.807, 2.05) is 0 Å². The minimum atomic E-state index is -0.220. The van der Waals surface area contributed by atoms with Crippen molar-refractivity contribution in [3.8, 4) is 0 Å². The molecule has 0 unspecified atom stereocenters. The molecule has 0 saturated carbocycles. The summed E-state index contributed by atoms with van der Waals surface area (Å²) in [6.45, 7) is 2.00. The fourth-order valence-electron chi connectivity index (χ4n) is 0.766. The van der Waals surface area contributed by atoms with E-state index in [2.05, 4.69) is 13.4 Å². The number of aliphatic imine (C=N–C) groups is 1. The summed E-state index contributed by atoms with van der Waals surface area (Å²) in [6.07, 6.45) is 1.22. The van der Waals surface area contributed by atoms with Crippen LogP contribution in [0.15, 0.2) is 4.99 Å². The Morgan fingerprint density at radius 3 is 2.71 bits per heavy atom. The van der Waals surface area contributed by atoms with Crippen LogP contribution in [-0.4, -0.2) is 31.6 Å². The summed E-state index contributed by atoms with van der Waals surface area (Å²) >= 11 is 1.57. The first kappa shape index (κ1) is 13.4. The van der Waals surface area contributed by atoms with Crippen molar-refractivity contribution in [1.82, 2.24) is 5.32 Å². The lowest BCUT2D eigenvalue weighted by molar-refractivity contribution is -0.131. The number of nitrogens with two attached hydrogens (primary N) is 2. The number of hydrogen-bond acceptors (Lipinski definition) is 4. The van der Waals surface area contributed by atoms with Crippen molar-refractivity contribution in [3.63, 3.8) is 0 Å². The van der Waals surface area contributed by atoms with Crippen molar-refractivity contribution in [2.45, 2.75) is 12.8 Å². The second kappa shape index (κ2) is 9.00.